The Hall–Kier alpha value is -1.32. The first kappa shape index (κ1) is 10.2. The van der Waals surface area contributed by atoms with Gasteiger partial charge in [0.25, 0.3) is 0 Å². The number of likely N-dealkylation sites (N-methyl/N-ethyl adjacent to an activating group) is 2. The molecule has 0 fully saturated rings. The Bertz CT molecular complexity index is 433. The number of para-hydroxylation sites is 1. The molecule has 0 saturated heterocycles. The van der Waals surface area contributed by atoms with Gasteiger partial charge in [0.15, 0.2) is 0 Å². The van der Waals surface area contributed by atoms with Gasteiger partial charge in [0.05, 0.1) is 0 Å². The van der Waals surface area contributed by atoms with Gasteiger partial charge in [-0.05, 0) is 25.7 Å². The van der Waals surface area contributed by atoms with Crippen molar-refractivity contribution in [1.82, 2.24) is 15.6 Å². The van der Waals surface area contributed by atoms with E-state index >= 15 is 0 Å². The van der Waals surface area contributed by atoms with E-state index in [-0.39, 0.29) is 0 Å². The van der Waals surface area contributed by atoms with Crippen LogP contribution >= 0.6 is 0 Å². The fourth-order valence-corrected chi connectivity index (χ4v) is 1.95. The lowest BCUT2D eigenvalue weighted by molar-refractivity contribution is 0.562. The van der Waals surface area contributed by atoms with E-state index in [0.717, 1.165) is 6.54 Å². The normalized spacial score (nSPS) is 13.2. The maximum absolute atomic E-state index is 3.32. The lowest BCUT2D eigenvalue weighted by Gasteiger charge is -2.14. The van der Waals surface area contributed by atoms with Gasteiger partial charge in [0, 0.05) is 29.7 Å². The number of fused-ring (bicyclic) bond motifs is 1. The van der Waals surface area contributed by atoms with E-state index in [1.807, 2.05) is 14.1 Å². The Morgan fingerprint density at radius 3 is 2.80 bits per heavy atom. The Kier molecular flexibility index (Phi) is 3.04. The fraction of sp³-hybridized carbons (Fsp3) is 0.333. The number of hydrogen-bond donors (Lipinski definition) is 3. The number of hydrogen-bond acceptors (Lipinski definition) is 2. The van der Waals surface area contributed by atoms with Crippen LogP contribution in [0.3, 0.4) is 0 Å². The first-order valence-corrected chi connectivity index (χ1v) is 5.24. The van der Waals surface area contributed by atoms with Gasteiger partial charge in [-0.1, -0.05) is 18.2 Å². The van der Waals surface area contributed by atoms with Crippen molar-refractivity contribution in [3.8, 4) is 0 Å². The predicted octanol–water partition coefficient (Wildman–Crippen LogP) is 1.65. The molecule has 0 aliphatic carbocycles. The maximum Gasteiger partial charge on any atom is 0.0465 e. The molecule has 2 aromatic rings. The second kappa shape index (κ2) is 4.47. The minimum absolute atomic E-state index is 0.353. The summed E-state index contributed by atoms with van der Waals surface area (Å²) in [5.41, 5.74) is 2.52. The van der Waals surface area contributed by atoms with E-state index in [0.29, 0.717) is 6.04 Å². The van der Waals surface area contributed by atoms with Crippen molar-refractivity contribution >= 4 is 10.9 Å². The van der Waals surface area contributed by atoms with Crippen LogP contribution in [0.1, 0.15) is 11.6 Å². The van der Waals surface area contributed by atoms with Gasteiger partial charge in [-0.15, -0.1) is 0 Å². The third-order valence-corrected chi connectivity index (χ3v) is 2.75. The molecule has 3 heteroatoms. The summed E-state index contributed by atoms with van der Waals surface area (Å²) in [7, 11) is 3.96. The molecule has 0 aliphatic rings. The van der Waals surface area contributed by atoms with Crippen LogP contribution in [0.4, 0.5) is 0 Å². The highest BCUT2D eigenvalue weighted by Gasteiger charge is 2.12. The van der Waals surface area contributed by atoms with Crippen LogP contribution in [0, 0.1) is 0 Å². The molecule has 0 saturated carbocycles. The second-order valence-corrected chi connectivity index (χ2v) is 3.69. The highest BCUT2D eigenvalue weighted by Crippen LogP contribution is 2.23. The van der Waals surface area contributed by atoms with E-state index < -0.39 is 0 Å². The molecule has 80 valence electrons. The summed E-state index contributed by atoms with van der Waals surface area (Å²) >= 11 is 0. The molecule has 0 bridgehead atoms. The van der Waals surface area contributed by atoms with Crippen LogP contribution in [0.15, 0.2) is 30.5 Å². The smallest absolute Gasteiger partial charge is 0.0465 e. The number of nitrogens with one attached hydrogen (secondary N) is 3. The van der Waals surface area contributed by atoms with Gasteiger partial charge in [-0.25, -0.2) is 0 Å². The van der Waals surface area contributed by atoms with Crippen LogP contribution < -0.4 is 10.6 Å². The molecule has 1 atom stereocenters. The number of H-pyrrole nitrogens is 1. The van der Waals surface area contributed by atoms with Crippen molar-refractivity contribution < 1.29 is 0 Å². The highest BCUT2D eigenvalue weighted by molar-refractivity contribution is 5.83. The molecule has 1 aromatic carbocycles. The predicted molar refractivity (Wildman–Crippen MR) is 64.0 cm³/mol. The van der Waals surface area contributed by atoms with E-state index in [1.54, 1.807) is 0 Å². The van der Waals surface area contributed by atoms with Crippen molar-refractivity contribution in [2.75, 3.05) is 20.6 Å². The third-order valence-electron chi connectivity index (χ3n) is 2.75. The van der Waals surface area contributed by atoms with Gasteiger partial charge < -0.3 is 15.6 Å². The van der Waals surface area contributed by atoms with Gasteiger partial charge >= 0.3 is 0 Å². The summed E-state index contributed by atoms with van der Waals surface area (Å²) in [6.07, 6.45) is 2.09. The van der Waals surface area contributed by atoms with Crippen molar-refractivity contribution in [1.29, 1.82) is 0 Å². The Labute approximate surface area is 89.9 Å². The fourth-order valence-electron chi connectivity index (χ4n) is 1.95. The highest BCUT2D eigenvalue weighted by atomic mass is 14.9. The largest absolute Gasteiger partial charge is 0.361 e. The van der Waals surface area contributed by atoms with Crippen molar-refractivity contribution in [3.05, 3.63) is 36.0 Å². The molecule has 15 heavy (non-hydrogen) atoms. The summed E-state index contributed by atoms with van der Waals surface area (Å²) < 4.78 is 0. The molecular weight excluding hydrogens is 186 g/mol. The molecule has 0 radical (unpaired) electrons. The summed E-state index contributed by atoms with van der Waals surface area (Å²) in [5, 5.41) is 7.81. The van der Waals surface area contributed by atoms with E-state index in [1.165, 1.54) is 16.5 Å². The SMILES string of the molecule is CNCC(NC)c1c[nH]c2ccccc12. The number of aromatic amines is 1. The minimum atomic E-state index is 0.353. The van der Waals surface area contributed by atoms with Crippen LogP contribution in [-0.2, 0) is 0 Å². The molecule has 0 aliphatic heterocycles. The van der Waals surface area contributed by atoms with E-state index in [2.05, 4.69) is 46.1 Å². The van der Waals surface area contributed by atoms with Gasteiger partial charge in [-0.2, -0.15) is 0 Å². The zero-order chi connectivity index (χ0) is 10.7. The molecule has 1 heterocycles. The van der Waals surface area contributed by atoms with Crippen LogP contribution in [0.5, 0.6) is 0 Å². The maximum atomic E-state index is 3.32. The standard InChI is InChI=1S/C12H17N3/c1-13-8-12(14-2)10-7-15-11-6-4-3-5-9(10)11/h3-7,12-15H,8H2,1-2H3. The Balaban J connectivity index is 2.41. The van der Waals surface area contributed by atoms with Gasteiger partial charge in [0.2, 0.25) is 0 Å². The van der Waals surface area contributed by atoms with Crippen LogP contribution in [0.2, 0.25) is 0 Å². The first-order chi connectivity index (χ1) is 7.36. The molecule has 2 rings (SSSR count). The topological polar surface area (TPSA) is 39.8 Å². The lowest BCUT2D eigenvalue weighted by atomic mass is 10.1. The Morgan fingerprint density at radius 1 is 1.27 bits per heavy atom. The molecular formula is C12H17N3. The zero-order valence-corrected chi connectivity index (χ0v) is 9.17. The van der Waals surface area contributed by atoms with Crippen LogP contribution in [-0.4, -0.2) is 25.6 Å². The zero-order valence-electron chi connectivity index (χ0n) is 9.17. The van der Waals surface area contributed by atoms with Crippen molar-refractivity contribution in [2.45, 2.75) is 6.04 Å². The summed E-state index contributed by atoms with van der Waals surface area (Å²) in [6.45, 7) is 0.929. The third kappa shape index (κ3) is 1.89. The monoisotopic (exact) mass is 203 g/mol. The summed E-state index contributed by atoms with van der Waals surface area (Å²) in [4.78, 5) is 3.29. The molecule has 0 amide bonds. The molecule has 1 unspecified atom stereocenters. The second-order valence-electron chi connectivity index (χ2n) is 3.69. The average Bonchev–Trinajstić information content (AvgIpc) is 2.70. The average molecular weight is 203 g/mol. The van der Waals surface area contributed by atoms with Crippen LogP contribution in [0.25, 0.3) is 10.9 Å². The lowest BCUT2D eigenvalue weighted by Crippen LogP contribution is -2.26. The van der Waals surface area contributed by atoms with Crippen molar-refractivity contribution in [3.63, 3.8) is 0 Å². The summed E-state index contributed by atoms with van der Waals surface area (Å²) in [6, 6.07) is 8.73. The number of rotatable bonds is 4. The molecule has 0 spiro atoms. The quantitative estimate of drug-likeness (QED) is 0.707. The van der Waals surface area contributed by atoms with Gasteiger partial charge in [0.1, 0.15) is 0 Å². The minimum Gasteiger partial charge on any atom is -0.361 e. The number of aromatic nitrogens is 1. The molecule has 3 nitrogen and oxygen atoms in total. The van der Waals surface area contributed by atoms with Gasteiger partial charge in [-0.3, -0.25) is 0 Å². The van der Waals surface area contributed by atoms with Crippen molar-refractivity contribution in [2.24, 2.45) is 0 Å². The first-order valence-electron chi connectivity index (χ1n) is 5.24. The summed E-state index contributed by atoms with van der Waals surface area (Å²) in [5.74, 6) is 0. The Morgan fingerprint density at radius 2 is 2.07 bits per heavy atom. The van der Waals surface area contributed by atoms with E-state index in [9.17, 15) is 0 Å². The number of benzene rings is 1. The van der Waals surface area contributed by atoms with E-state index in [4.69, 9.17) is 0 Å². The molecule has 1 aromatic heterocycles. The molecule has 3 N–H and O–H groups in total.